The maximum absolute atomic E-state index is 6.19. The van der Waals surface area contributed by atoms with E-state index >= 15 is 0 Å². The van der Waals surface area contributed by atoms with Gasteiger partial charge in [0.1, 0.15) is 0 Å². The summed E-state index contributed by atoms with van der Waals surface area (Å²) in [4.78, 5) is 5.26. The second-order valence-corrected chi connectivity index (χ2v) is 6.54. The van der Waals surface area contributed by atoms with Crippen LogP contribution in [0.15, 0.2) is 0 Å². The molecule has 17 heavy (non-hydrogen) atoms. The highest BCUT2D eigenvalue weighted by atomic mass is 15.3. The van der Waals surface area contributed by atoms with Crippen LogP contribution in [-0.4, -0.2) is 55.1 Å². The molecular weight excluding hydrogens is 210 g/mol. The van der Waals surface area contributed by atoms with E-state index in [2.05, 4.69) is 16.8 Å². The highest BCUT2D eigenvalue weighted by Crippen LogP contribution is 2.40. The van der Waals surface area contributed by atoms with Crippen LogP contribution in [0.1, 0.15) is 32.1 Å². The number of piperidine rings is 3. The molecule has 0 aromatic rings. The summed E-state index contributed by atoms with van der Waals surface area (Å²) in [6.45, 7) is 5.96. The summed E-state index contributed by atoms with van der Waals surface area (Å²) in [7, 11) is 2.33. The fourth-order valence-corrected chi connectivity index (χ4v) is 4.21. The predicted molar refractivity (Wildman–Crippen MR) is 70.9 cm³/mol. The molecule has 1 atom stereocenters. The molecule has 98 valence electrons. The third-order valence-corrected chi connectivity index (χ3v) is 5.72. The first-order valence-electron chi connectivity index (χ1n) is 7.38. The Morgan fingerprint density at radius 2 is 1.94 bits per heavy atom. The van der Waals surface area contributed by atoms with Gasteiger partial charge >= 0.3 is 0 Å². The number of hydrogen-bond donors (Lipinski definition) is 1. The minimum atomic E-state index is 0.298. The van der Waals surface area contributed by atoms with Gasteiger partial charge in [-0.3, -0.25) is 4.90 Å². The van der Waals surface area contributed by atoms with Crippen molar-refractivity contribution in [2.45, 2.75) is 37.6 Å². The largest absolute Gasteiger partial charge is 0.329 e. The van der Waals surface area contributed by atoms with Crippen LogP contribution in [-0.2, 0) is 0 Å². The smallest absolute Gasteiger partial charge is 0.0484 e. The van der Waals surface area contributed by atoms with E-state index in [9.17, 15) is 0 Å². The van der Waals surface area contributed by atoms with Crippen LogP contribution in [0.3, 0.4) is 0 Å². The van der Waals surface area contributed by atoms with Crippen LogP contribution in [0.4, 0.5) is 0 Å². The van der Waals surface area contributed by atoms with Crippen LogP contribution in [0.5, 0.6) is 0 Å². The average molecular weight is 237 g/mol. The summed E-state index contributed by atoms with van der Waals surface area (Å²) in [5, 5.41) is 0. The zero-order chi connectivity index (χ0) is 11.9. The Balaban J connectivity index is 1.71. The lowest BCUT2D eigenvalue weighted by Crippen LogP contribution is -2.69. The van der Waals surface area contributed by atoms with E-state index < -0.39 is 0 Å². The molecule has 3 saturated heterocycles. The fraction of sp³-hybridized carbons (Fsp3) is 1.00. The molecule has 0 aromatic carbocycles. The second kappa shape index (κ2) is 4.52. The van der Waals surface area contributed by atoms with Crippen molar-refractivity contribution in [1.29, 1.82) is 0 Å². The van der Waals surface area contributed by atoms with Crippen LogP contribution >= 0.6 is 0 Å². The van der Waals surface area contributed by atoms with Crippen molar-refractivity contribution >= 4 is 0 Å². The van der Waals surface area contributed by atoms with Gasteiger partial charge in [0.25, 0.3) is 0 Å². The molecule has 4 rings (SSSR count). The number of fused-ring (bicyclic) bond motifs is 3. The van der Waals surface area contributed by atoms with Gasteiger partial charge in [0.15, 0.2) is 0 Å². The quantitative estimate of drug-likeness (QED) is 0.796. The molecule has 3 nitrogen and oxygen atoms in total. The Morgan fingerprint density at radius 1 is 1.24 bits per heavy atom. The van der Waals surface area contributed by atoms with E-state index in [1.807, 2.05) is 0 Å². The maximum Gasteiger partial charge on any atom is 0.0484 e. The number of nitrogens with zero attached hydrogens (tertiary/aromatic N) is 2. The number of nitrogens with two attached hydrogens (primary N) is 1. The molecule has 1 aliphatic carbocycles. The molecule has 4 aliphatic rings. The SMILES string of the molecule is CN(CC1CCC1)C1(CN)CN2CCC1CC2. The van der Waals surface area contributed by atoms with Crippen molar-refractivity contribution < 1.29 is 0 Å². The monoisotopic (exact) mass is 237 g/mol. The summed E-state index contributed by atoms with van der Waals surface area (Å²) in [6, 6.07) is 0. The van der Waals surface area contributed by atoms with Crippen molar-refractivity contribution in [3.63, 3.8) is 0 Å². The summed E-state index contributed by atoms with van der Waals surface area (Å²) in [5.41, 5.74) is 6.49. The Labute approximate surface area is 105 Å². The highest BCUT2D eigenvalue weighted by Gasteiger charge is 2.48. The second-order valence-electron chi connectivity index (χ2n) is 6.54. The summed E-state index contributed by atoms with van der Waals surface area (Å²) < 4.78 is 0. The molecule has 0 aromatic heterocycles. The first-order chi connectivity index (χ1) is 8.24. The van der Waals surface area contributed by atoms with Gasteiger partial charge in [0, 0.05) is 25.2 Å². The maximum atomic E-state index is 6.19. The van der Waals surface area contributed by atoms with E-state index in [0.717, 1.165) is 18.4 Å². The van der Waals surface area contributed by atoms with Crippen molar-refractivity contribution in [3.05, 3.63) is 0 Å². The third-order valence-electron chi connectivity index (χ3n) is 5.72. The Kier molecular flexibility index (Phi) is 3.18. The van der Waals surface area contributed by atoms with Crippen molar-refractivity contribution in [2.75, 3.05) is 39.8 Å². The third kappa shape index (κ3) is 1.92. The van der Waals surface area contributed by atoms with Crippen LogP contribution < -0.4 is 5.73 Å². The minimum absolute atomic E-state index is 0.298. The van der Waals surface area contributed by atoms with Crippen molar-refractivity contribution in [1.82, 2.24) is 9.80 Å². The number of rotatable bonds is 4. The molecular formula is C14H27N3. The van der Waals surface area contributed by atoms with Gasteiger partial charge in [-0.05, 0) is 57.7 Å². The van der Waals surface area contributed by atoms with E-state index in [1.54, 1.807) is 0 Å². The van der Waals surface area contributed by atoms with Gasteiger partial charge in [-0.25, -0.2) is 0 Å². The topological polar surface area (TPSA) is 32.5 Å². The molecule has 3 heteroatoms. The average Bonchev–Trinajstić information content (AvgIpc) is 2.34. The normalized spacial score (nSPS) is 41.8. The zero-order valence-electron chi connectivity index (χ0n) is 11.2. The lowest BCUT2D eigenvalue weighted by atomic mass is 9.71. The number of likely N-dealkylation sites (N-methyl/N-ethyl adjacent to an activating group) is 1. The Bertz CT molecular complexity index is 269. The Hall–Kier alpha value is -0.120. The van der Waals surface area contributed by atoms with E-state index in [-0.39, 0.29) is 0 Å². The van der Waals surface area contributed by atoms with Crippen molar-refractivity contribution in [3.8, 4) is 0 Å². The Morgan fingerprint density at radius 3 is 2.35 bits per heavy atom. The van der Waals surface area contributed by atoms with Gasteiger partial charge < -0.3 is 10.6 Å². The summed E-state index contributed by atoms with van der Waals surface area (Å²) in [6.07, 6.45) is 7.07. The molecule has 3 aliphatic heterocycles. The molecule has 0 radical (unpaired) electrons. The number of hydrogen-bond acceptors (Lipinski definition) is 3. The van der Waals surface area contributed by atoms with Crippen LogP contribution in [0, 0.1) is 11.8 Å². The first-order valence-corrected chi connectivity index (χ1v) is 7.38. The highest BCUT2D eigenvalue weighted by molar-refractivity contribution is 5.05. The van der Waals surface area contributed by atoms with Crippen molar-refractivity contribution in [2.24, 2.45) is 17.6 Å². The summed E-state index contributed by atoms with van der Waals surface area (Å²) >= 11 is 0. The predicted octanol–water partition coefficient (Wildman–Crippen LogP) is 1.14. The first kappa shape index (κ1) is 11.9. The van der Waals surface area contributed by atoms with E-state index in [1.165, 1.54) is 58.3 Å². The molecule has 0 spiro atoms. The lowest BCUT2D eigenvalue weighted by Gasteiger charge is -2.57. The zero-order valence-corrected chi connectivity index (χ0v) is 11.2. The standard InChI is InChI=1S/C14H27N3/c1-16(9-12-3-2-4-12)14(10-15)11-17-7-5-13(14)6-8-17/h12-13H,2-11,15H2,1H3. The van der Waals surface area contributed by atoms with Gasteiger partial charge in [-0.1, -0.05) is 6.42 Å². The molecule has 0 amide bonds. The van der Waals surface area contributed by atoms with Gasteiger partial charge in [0.05, 0.1) is 0 Å². The molecule has 2 N–H and O–H groups in total. The van der Waals surface area contributed by atoms with E-state index in [0.29, 0.717) is 5.54 Å². The lowest BCUT2D eigenvalue weighted by molar-refractivity contribution is -0.0646. The fourth-order valence-electron chi connectivity index (χ4n) is 4.21. The van der Waals surface area contributed by atoms with Gasteiger partial charge in [-0.15, -0.1) is 0 Å². The van der Waals surface area contributed by atoms with E-state index in [4.69, 9.17) is 5.73 Å². The molecule has 2 bridgehead atoms. The van der Waals surface area contributed by atoms with Crippen LogP contribution in [0.25, 0.3) is 0 Å². The van der Waals surface area contributed by atoms with Gasteiger partial charge in [-0.2, -0.15) is 0 Å². The van der Waals surface area contributed by atoms with Gasteiger partial charge in [0.2, 0.25) is 0 Å². The molecule has 1 unspecified atom stereocenters. The molecule has 1 saturated carbocycles. The summed E-state index contributed by atoms with van der Waals surface area (Å²) in [5.74, 6) is 1.81. The van der Waals surface area contributed by atoms with Crippen LogP contribution in [0.2, 0.25) is 0 Å². The molecule has 4 fully saturated rings. The minimum Gasteiger partial charge on any atom is -0.329 e. The molecule has 3 heterocycles.